The second-order valence-corrected chi connectivity index (χ2v) is 3.99. The van der Waals surface area contributed by atoms with E-state index in [0.717, 1.165) is 5.56 Å². The van der Waals surface area contributed by atoms with E-state index in [9.17, 15) is 4.79 Å². The predicted octanol–water partition coefficient (Wildman–Crippen LogP) is 2.51. The number of benzene rings is 1. The second kappa shape index (κ2) is 5.60. The largest absolute Gasteiger partial charge is 0.469 e. The van der Waals surface area contributed by atoms with E-state index in [1.54, 1.807) is 6.20 Å². The first-order chi connectivity index (χ1) is 8.70. The van der Waals surface area contributed by atoms with E-state index in [-0.39, 0.29) is 17.5 Å². The highest BCUT2D eigenvalue weighted by Crippen LogP contribution is 2.19. The highest BCUT2D eigenvalue weighted by Gasteiger charge is 2.10. The smallest absolute Gasteiger partial charge is 0.310 e. The Kier molecular flexibility index (Phi) is 3.89. The van der Waals surface area contributed by atoms with Crippen molar-refractivity contribution in [1.82, 2.24) is 9.97 Å². The van der Waals surface area contributed by atoms with E-state index in [1.807, 2.05) is 30.3 Å². The Bertz CT molecular complexity index is 558. The molecule has 4 nitrogen and oxygen atoms in total. The summed E-state index contributed by atoms with van der Waals surface area (Å²) in [5, 5.41) is 0.272. The Balaban J connectivity index is 2.28. The van der Waals surface area contributed by atoms with Crippen LogP contribution in [0.25, 0.3) is 11.4 Å². The third-order valence-electron chi connectivity index (χ3n) is 2.41. The van der Waals surface area contributed by atoms with Crippen LogP contribution in [0.5, 0.6) is 0 Å². The molecule has 0 saturated heterocycles. The molecular weight excluding hydrogens is 252 g/mol. The van der Waals surface area contributed by atoms with Crippen LogP contribution >= 0.6 is 11.6 Å². The average molecular weight is 263 g/mol. The normalized spacial score (nSPS) is 10.1. The van der Waals surface area contributed by atoms with Crippen LogP contribution in [0.4, 0.5) is 0 Å². The monoisotopic (exact) mass is 262 g/mol. The summed E-state index contributed by atoms with van der Waals surface area (Å²) < 4.78 is 4.57. The number of nitrogens with zero attached hydrogens (tertiary/aromatic N) is 2. The number of methoxy groups -OCH3 is 1. The molecule has 0 amide bonds. The zero-order valence-electron chi connectivity index (χ0n) is 9.76. The zero-order valence-corrected chi connectivity index (χ0v) is 10.5. The van der Waals surface area contributed by atoms with Gasteiger partial charge in [-0.25, -0.2) is 9.97 Å². The van der Waals surface area contributed by atoms with Gasteiger partial charge in [-0.15, -0.1) is 0 Å². The molecule has 0 bridgehead atoms. The Hall–Kier alpha value is -1.94. The van der Waals surface area contributed by atoms with Crippen LogP contribution in [0.15, 0.2) is 36.5 Å². The summed E-state index contributed by atoms with van der Waals surface area (Å²) in [6.45, 7) is 0. The van der Waals surface area contributed by atoms with Crippen molar-refractivity contribution < 1.29 is 9.53 Å². The van der Waals surface area contributed by atoms with Gasteiger partial charge in [0.25, 0.3) is 0 Å². The molecule has 0 spiro atoms. The lowest BCUT2D eigenvalue weighted by Crippen LogP contribution is -2.06. The summed E-state index contributed by atoms with van der Waals surface area (Å²) >= 11 is 6.02. The number of carbonyl (C=O) groups is 1. The fraction of sp³-hybridized carbons (Fsp3) is 0.154. The van der Waals surface area contributed by atoms with Crippen molar-refractivity contribution in [2.75, 3.05) is 7.11 Å². The number of rotatable bonds is 3. The highest BCUT2D eigenvalue weighted by molar-refractivity contribution is 6.30. The maximum Gasteiger partial charge on any atom is 0.310 e. The third kappa shape index (κ3) is 2.84. The maximum absolute atomic E-state index is 11.2. The van der Waals surface area contributed by atoms with Gasteiger partial charge in [0, 0.05) is 17.3 Å². The summed E-state index contributed by atoms with van der Waals surface area (Å²) in [6, 6.07) is 9.50. The Morgan fingerprint density at radius 1 is 1.33 bits per heavy atom. The van der Waals surface area contributed by atoms with Gasteiger partial charge in [0.05, 0.1) is 13.5 Å². The fourth-order valence-corrected chi connectivity index (χ4v) is 1.65. The van der Waals surface area contributed by atoms with Crippen LogP contribution in [0.2, 0.25) is 5.15 Å². The average Bonchev–Trinajstić information content (AvgIpc) is 2.42. The fourth-order valence-electron chi connectivity index (χ4n) is 1.46. The van der Waals surface area contributed by atoms with E-state index in [2.05, 4.69) is 14.7 Å². The first-order valence-corrected chi connectivity index (χ1v) is 5.72. The van der Waals surface area contributed by atoms with Crippen molar-refractivity contribution in [3.63, 3.8) is 0 Å². The molecule has 0 aliphatic rings. The zero-order chi connectivity index (χ0) is 13.0. The molecule has 0 atom stereocenters. The Labute approximate surface area is 110 Å². The molecule has 1 aromatic carbocycles. The van der Waals surface area contributed by atoms with E-state index < -0.39 is 0 Å². The van der Waals surface area contributed by atoms with Gasteiger partial charge in [-0.3, -0.25) is 4.79 Å². The lowest BCUT2D eigenvalue weighted by Gasteiger charge is -2.04. The molecule has 2 rings (SSSR count). The lowest BCUT2D eigenvalue weighted by molar-refractivity contribution is -0.139. The van der Waals surface area contributed by atoms with Gasteiger partial charge in [-0.05, 0) is 0 Å². The molecule has 1 aromatic heterocycles. The standard InChI is InChI=1S/C13H11ClN2O2/c1-18-11(17)7-10-8-15-13(16-12(10)14)9-5-3-2-4-6-9/h2-6,8H,7H2,1H3. The Morgan fingerprint density at radius 2 is 2.06 bits per heavy atom. The minimum Gasteiger partial charge on any atom is -0.469 e. The van der Waals surface area contributed by atoms with Crippen LogP contribution in [0, 0.1) is 0 Å². The number of carbonyl (C=O) groups excluding carboxylic acids is 1. The van der Waals surface area contributed by atoms with Crippen LogP contribution in [0.3, 0.4) is 0 Å². The van der Waals surface area contributed by atoms with Crippen molar-refractivity contribution in [1.29, 1.82) is 0 Å². The van der Waals surface area contributed by atoms with Crippen LogP contribution in [-0.2, 0) is 16.0 Å². The third-order valence-corrected chi connectivity index (χ3v) is 2.73. The van der Waals surface area contributed by atoms with Gasteiger partial charge in [0.2, 0.25) is 0 Å². The van der Waals surface area contributed by atoms with Gasteiger partial charge in [-0.1, -0.05) is 41.9 Å². The first kappa shape index (κ1) is 12.5. The number of hydrogen-bond donors (Lipinski definition) is 0. The van der Waals surface area contributed by atoms with Crippen molar-refractivity contribution in [2.24, 2.45) is 0 Å². The summed E-state index contributed by atoms with van der Waals surface area (Å²) in [4.78, 5) is 19.5. The topological polar surface area (TPSA) is 52.1 Å². The van der Waals surface area contributed by atoms with Gasteiger partial charge in [-0.2, -0.15) is 0 Å². The molecule has 2 aromatic rings. The van der Waals surface area contributed by atoms with Crippen molar-refractivity contribution in [3.05, 3.63) is 47.2 Å². The molecule has 18 heavy (non-hydrogen) atoms. The molecule has 92 valence electrons. The van der Waals surface area contributed by atoms with Crippen LogP contribution < -0.4 is 0 Å². The van der Waals surface area contributed by atoms with Crippen molar-refractivity contribution in [3.8, 4) is 11.4 Å². The highest BCUT2D eigenvalue weighted by atomic mass is 35.5. The minimum atomic E-state index is -0.368. The summed E-state index contributed by atoms with van der Waals surface area (Å²) in [5.41, 5.74) is 1.44. The van der Waals surface area contributed by atoms with E-state index in [1.165, 1.54) is 7.11 Å². The summed E-state index contributed by atoms with van der Waals surface area (Å²) in [7, 11) is 1.33. The van der Waals surface area contributed by atoms with Crippen molar-refractivity contribution in [2.45, 2.75) is 6.42 Å². The van der Waals surface area contributed by atoms with E-state index >= 15 is 0 Å². The quantitative estimate of drug-likeness (QED) is 0.630. The molecule has 0 radical (unpaired) electrons. The summed E-state index contributed by atoms with van der Waals surface area (Å²) in [5.74, 6) is 0.169. The van der Waals surface area contributed by atoms with Gasteiger partial charge in [0.15, 0.2) is 5.82 Å². The molecular formula is C13H11ClN2O2. The predicted molar refractivity (Wildman–Crippen MR) is 68.2 cm³/mol. The van der Waals surface area contributed by atoms with Gasteiger partial charge in [0.1, 0.15) is 5.15 Å². The van der Waals surface area contributed by atoms with Crippen LogP contribution in [-0.4, -0.2) is 23.0 Å². The molecule has 0 aliphatic carbocycles. The number of halogens is 1. The lowest BCUT2D eigenvalue weighted by atomic mass is 10.2. The van der Waals surface area contributed by atoms with Crippen LogP contribution in [0.1, 0.15) is 5.56 Å². The molecule has 0 N–H and O–H groups in total. The molecule has 0 unspecified atom stereocenters. The van der Waals surface area contributed by atoms with E-state index in [4.69, 9.17) is 11.6 Å². The number of esters is 1. The first-order valence-electron chi connectivity index (χ1n) is 5.34. The number of hydrogen-bond acceptors (Lipinski definition) is 4. The maximum atomic E-state index is 11.2. The van der Waals surface area contributed by atoms with Gasteiger partial charge < -0.3 is 4.74 Å². The molecule has 5 heteroatoms. The SMILES string of the molecule is COC(=O)Cc1cnc(-c2ccccc2)nc1Cl. The molecule has 0 aliphatic heterocycles. The van der Waals surface area contributed by atoms with Gasteiger partial charge >= 0.3 is 5.97 Å². The Morgan fingerprint density at radius 3 is 2.67 bits per heavy atom. The second-order valence-electron chi connectivity index (χ2n) is 3.63. The number of ether oxygens (including phenoxy) is 1. The minimum absolute atomic E-state index is 0.0738. The number of aromatic nitrogens is 2. The summed E-state index contributed by atoms with van der Waals surface area (Å²) in [6.07, 6.45) is 1.62. The molecule has 1 heterocycles. The molecule has 0 fully saturated rings. The van der Waals surface area contributed by atoms with Crippen molar-refractivity contribution >= 4 is 17.6 Å². The van der Waals surface area contributed by atoms with E-state index in [0.29, 0.717) is 11.4 Å². The molecule has 0 saturated carbocycles.